The predicted octanol–water partition coefficient (Wildman–Crippen LogP) is 4.26. The van der Waals surface area contributed by atoms with Crippen molar-refractivity contribution in [1.29, 1.82) is 0 Å². The molecule has 2 rings (SSSR count). The van der Waals surface area contributed by atoms with Gasteiger partial charge in [0.2, 0.25) is 0 Å². The third kappa shape index (κ3) is 3.20. The van der Waals surface area contributed by atoms with Crippen LogP contribution in [0.15, 0.2) is 54.6 Å². The molecule has 3 heteroatoms. The van der Waals surface area contributed by atoms with Crippen LogP contribution in [-0.4, -0.2) is 12.4 Å². The molecular formula is C17H17ClO2. The van der Waals surface area contributed by atoms with Gasteiger partial charge in [0.1, 0.15) is 5.75 Å². The first-order chi connectivity index (χ1) is 9.54. The van der Waals surface area contributed by atoms with E-state index in [-0.39, 0.29) is 0 Å². The number of ether oxygens (including phenoxy) is 1. The van der Waals surface area contributed by atoms with Gasteiger partial charge < -0.3 is 4.74 Å². The zero-order valence-corrected chi connectivity index (χ0v) is 12.3. The van der Waals surface area contributed by atoms with Crippen LogP contribution < -0.4 is 4.74 Å². The normalized spacial score (nSPS) is 12.8. The van der Waals surface area contributed by atoms with Gasteiger partial charge in [0.15, 0.2) is 12.4 Å². The van der Waals surface area contributed by atoms with E-state index in [1.807, 2.05) is 44.2 Å². The molecule has 1 atom stereocenters. The number of benzene rings is 2. The van der Waals surface area contributed by atoms with Gasteiger partial charge in [0.05, 0.1) is 0 Å². The summed E-state index contributed by atoms with van der Waals surface area (Å²) in [5.74, 6) is 0.596. The van der Waals surface area contributed by atoms with E-state index in [2.05, 4.69) is 0 Å². The highest BCUT2D eigenvalue weighted by molar-refractivity contribution is 6.30. The van der Waals surface area contributed by atoms with Crippen molar-refractivity contribution in [1.82, 2.24) is 0 Å². The number of rotatable bonds is 5. The van der Waals surface area contributed by atoms with E-state index in [1.165, 1.54) is 0 Å². The largest absolute Gasteiger partial charge is 0.482 e. The molecule has 0 aliphatic heterocycles. The Labute approximate surface area is 124 Å². The summed E-state index contributed by atoms with van der Waals surface area (Å²) in [5.41, 5.74) is 0.629. The molecule has 0 saturated heterocycles. The van der Waals surface area contributed by atoms with Crippen LogP contribution in [0.2, 0.25) is 5.02 Å². The molecule has 0 aromatic heterocycles. The van der Waals surface area contributed by atoms with Crippen LogP contribution in [0.1, 0.15) is 19.4 Å². The highest BCUT2D eigenvalue weighted by Crippen LogP contribution is 2.30. The van der Waals surface area contributed by atoms with Crippen LogP contribution in [-0.2, 0) is 10.2 Å². The summed E-state index contributed by atoms with van der Waals surface area (Å²) in [7, 11) is 0. The number of halogens is 1. The maximum absolute atomic E-state index is 11.5. The fourth-order valence-electron chi connectivity index (χ4n) is 2.06. The van der Waals surface area contributed by atoms with Crippen LogP contribution in [0.5, 0.6) is 5.75 Å². The Morgan fingerprint density at radius 3 is 2.40 bits per heavy atom. The molecule has 0 heterocycles. The van der Waals surface area contributed by atoms with E-state index in [4.69, 9.17) is 16.3 Å². The smallest absolute Gasteiger partial charge is 0.163 e. The SMILES string of the molecule is CC(C)(c1ccccc1)C(C=O)Oc1cccc(Cl)c1. The van der Waals surface area contributed by atoms with Gasteiger partial charge in [-0.2, -0.15) is 0 Å². The highest BCUT2D eigenvalue weighted by atomic mass is 35.5. The highest BCUT2D eigenvalue weighted by Gasteiger charge is 2.33. The lowest BCUT2D eigenvalue weighted by atomic mass is 9.80. The Bertz CT molecular complexity index is 579. The van der Waals surface area contributed by atoms with Gasteiger partial charge >= 0.3 is 0 Å². The van der Waals surface area contributed by atoms with Gasteiger partial charge in [-0.15, -0.1) is 0 Å². The van der Waals surface area contributed by atoms with E-state index < -0.39 is 11.5 Å². The first-order valence-electron chi connectivity index (χ1n) is 6.47. The summed E-state index contributed by atoms with van der Waals surface area (Å²) >= 11 is 5.93. The van der Waals surface area contributed by atoms with E-state index in [9.17, 15) is 4.79 Å². The topological polar surface area (TPSA) is 26.3 Å². The summed E-state index contributed by atoms with van der Waals surface area (Å²) in [5, 5.41) is 0.588. The molecule has 20 heavy (non-hydrogen) atoms. The van der Waals surface area contributed by atoms with Crippen LogP contribution in [0, 0.1) is 0 Å². The number of carbonyl (C=O) groups is 1. The molecule has 0 spiro atoms. The molecule has 0 aliphatic carbocycles. The van der Waals surface area contributed by atoms with Crippen molar-refractivity contribution in [3.63, 3.8) is 0 Å². The van der Waals surface area contributed by atoms with Crippen molar-refractivity contribution in [3.8, 4) is 5.75 Å². The minimum atomic E-state index is -0.580. The molecule has 0 saturated carbocycles. The standard InChI is InChI=1S/C17H17ClO2/c1-17(2,13-7-4-3-5-8-13)16(12-19)20-15-10-6-9-14(18)11-15/h3-12,16H,1-2H3. The molecule has 2 nitrogen and oxygen atoms in total. The number of carbonyl (C=O) groups excluding carboxylic acids is 1. The quantitative estimate of drug-likeness (QED) is 0.768. The van der Waals surface area contributed by atoms with Crippen molar-refractivity contribution in [2.24, 2.45) is 0 Å². The van der Waals surface area contributed by atoms with Crippen LogP contribution in [0.3, 0.4) is 0 Å². The van der Waals surface area contributed by atoms with Crippen molar-refractivity contribution < 1.29 is 9.53 Å². The first kappa shape index (κ1) is 14.6. The fourth-order valence-corrected chi connectivity index (χ4v) is 2.24. The third-order valence-electron chi connectivity index (χ3n) is 3.41. The third-order valence-corrected chi connectivity index (χ3v) is 3.65. The second-order valence-electron chi connectivity index (χ2n) is 5.22. The Hall–Kier alpha value is -1.80. The second-order valence-corrected chi connectivity index (χ2v) is 5.66. The number of hydrogen-bond acceptors (Lipinski definition) is 2. The van der Waals surface area contributed by atoms with E-state index >= 15 is 0 Å². The van der Waals surface area contributed by atoms with E-state index in [0.29, 0.717) is 10.8 Å². The Morgan fingerprint density at radius 1 is 1.10 bits per heavy atom. The molecule has 0 radical (unpaired) electrons. The van der Waals surface area contributed by atoms with Crippen molar-refractivity contribution >= 4 is 17.9 Å². The molecular weight excluding hydrogens is 272 g/mol. The molecule has 0 fully saturated rings. The van der Waals surface area contributed by atoms with Crippen LogP contribution in [0.25, 0.3) is 0 Å². The zero-order chi connectivity index (χ0) is 14.6. The van der Waals surface area contributed by atoms with Gasteiger partial charge in [0.25, 0.3) is 0 Å². The average Bonchev–Trinajstić information content (AvgIpc) is 2.45. The summed E-state index contributed by atoms with van der Waals surface area (Å²) < 4.78 is 5.81. The number of hydrogen-bond donors (Lipinski definition) is 0. The van der Waals surface area contributed by atoms with E-state index in [1.54, 1.807) is 24.3 Å². The Kier molecular flexibility index (Phi) is 4.46. The first-order valence-corrected chi connectivity index (χ1v) is 6.85. The maximum Gasteiger partial charge on any atom is 0.163 e. The second kappa shape index (κ2) is 6.10. The molecule has 1 unspecified atom stereocenters. The summed E-state index contributed by atoms with van der Waals surface area (Å²) in [6, 6.07) is 16.9. The molecule has 0 aliphatic rings. The summed E-state index contributed by atoms with van der Waals surface area (Å²) in [4.78, 5) is 11.5. The Morgan fingerprint density at radius 2 is 1.80 bits per heavy atom. The molecule has 0 bridgehead atoms. The van der Waals surface area contributed by atoms with E-state index in [0.717, 1.165) is 11.8 Å². The van der Waals surface area contributed by atoms with Crippen molar-refractivity contribution in [3.05, 3.63) is 65.2 Å². The van der Waals surface area contributed by atoms with Gasteiger partial charge in [-0.3, -0.25) is 4.79 Å². The molecule has 104 valence electrons. The predicted molar refractivity (Wildman–Crippen MR) is 81.4 cm³/mol. The minimum Gasteiger partial charge on any atom is -0.482 e. The lowest BCUT2D eigenvalue weighted by Gasteiger charge is -2.31. The molecule has 2 aromatic carbocycles. The van der Waals surface area contributed by atoms with Crippen LogP contribution >= 0.6 is 11.6 Å². The van der Waals surface area contributed by atoms with Gasteiger partial charge in [-0.1, -0.05) is 61.8 Å². The Balaban J connectivity index is 2.26. The average molecular weight is 289 g/mol. The van der Waals surface area contributed by atoms with Crippen molar-refractivity contribution in [2.75, 3.05) is 0 Å². The maximum atomic E-state index is 11.5. The summed E-state index contributed by atoms with van der Waals surface area (Å²) in [6.07, 6.45) is 0.261. The number of aldehydes is 1. The lowest BCUT2D eigenvalue weighted by molar-refractivity contribution is -0.116. The van der Waals surface area contributed by atoms with Gasteiger partial charge in [0, 0.05) is 10.4 Å². The monoisotopic (exact) mass is 288 g/mol. The molecule has 2 aromatic rings. The molecule has 0 N–H and O–H groups in total. The zero-order valence-electron chi connectivity index (χ0n) is 11.5. The van der Waals surface area contributed by atoms with Gasteiger partial charge in [-0.05, 0) is 23.8 Å². The summed E-state index contributed by atoms with van der Waals surface area (Å²) in [6.45, 7) is 3.98. The fraction of sp³-hybridized carbons (Fsp3) is 0.235. The van der Waals surface area contributed by atoms with Crippen molar-refractivity contribution in [2.45, 2.75) is 25.4 Å². The van der Waals surface area contributed by atoms with Gasteiger partial charge in [-0.25, -0.2) is 0 Å². The minimum absolute atomic E-state index is 0.425. The molecule has 0 amide bonds. The lowest BCUT2D eigenvalue weighted by Crippen LogP contribution is -2.39. The van der Waals surface area contributed by atoms with Crippen LogP contribution in [0.4, 0.5) is 0 Å².